The molecule has 0 spiro atoms. The molecular formula is C18H13N3NaO6P. The Morgan fingerprint density at radius 2 is 0.897 bits per heavy atom. The summed E-state index contributed by atoms with van der Waals surface area (Å²) < 4.78 is 0. The molecule has 0 bridgehead atoms. The van der Waals surface area contributed by atoms with E-state index in [0.29, 0.717) is 16.3 Å². The molecule has 3 aromatic rings. The van der Waals surface area contributed by atoms with Gasteiger partial charge >= 0.3 is 47.5 Å². The third kappa shape index (κ3) is 5.21. The SMILES string of the molecule is O=C(O)c1cccc(P(c2cccc(C(=O)O)n2)c2cccc(C(=O)O)n2)n1.[H-].[Na+]. The van der Waals surface area contributed by atoms with Crippen LogP contribution in [0.3, 0.4) is 0 Å². The molecule has 0 amide bonds. The van der Waals surface area contributed by atoms with E-state index in [1.165, 1.54) is 36.4 Å². The summed E-state index contributed by atoms with van der Waals surface area (Å²) in [5, 5.41) is 27.7. The minimum atomic E-state index is -1.69. The van der Waals surface area contributed by atoms with Gasteiger partial charge in [0.05, 0.1) is 16.3 Å². The quantitative estimate of drug-likeness (QED) is 0.299. The van der Waals surface area contributed by atoms with Crippen LogP contribution in [0.15, 0.2) is 54.6 Å². The first-order valence-corrected chi connectivity index (χ1v) is 9.12. The molecule has 0 radical (unpaired) electrons. The molecule has 3 heterocycles. The van der Waals surface area contributed by atoms with Crippen molar-refractivity contribution in [2.75, 3.05) is 0 Å². The Morgan fingerprint density at radius 3 is 1.14 bits per heavy atom. The maximum absolute atomic E-state index is 11.3. The van der Waals surface area contributed by atoms with Crippen molar-refractivity contribution in [3.8, 4) is 0 Å². The zero-order chi connectivity index (χ0) is 20.3. The van der Waals surface area contributed by atoms with Crippen LogP contribution in [-0.4, -0.2) is 48.2 Å². The number of carbonyl (C=O) groups is 3. The van der Waals surface area contributed by atoms with Gasteiger partial charge in [0, 0.05) is 7.92 Å². The Labute approximate surface area is 189 Å². The summed E-state index contributed by atoms with van der Waals surface area (Å²) in [4.78, 5) is 46.3. The summed E-state index contributed by atoms with van der Waals surface area (Å²) in [6.07, 6.45) is 0. The van der Waals surface area contributed by atoms with Crippen molar-refractivity contribution in [1.29, 1.82) is 0 Å². The van der Waals surface area contributed by atoms with Crippen molar-refractivity contribution in [2.45, 2.75) is 0 Å². The summed E-state index contributed by atoms with van der Waals surface area (Å²) in [5.41, 5.74) is 0.316. The van der Waals surface area contributed by atoms with Crippen LogP contribution in [0.1, 0.15) is 32.9 Å². The van der Waals surface area contributed by atoms with Crippen LogP contribution in [-0.2, 0) is 0 Å². The second-order valence-electron chi connectivity index (χ2n) is 5.39. The van der Waals surface area contributed by atoms with Gasteiger partial charge in [-0.3, -0.25) is 0 Å². The predicted molar refractivity (Wildman–Crippen MR) is 101 cm³/mol. The van der Waals surface area contributed by atoms with Gasteiger partial charge in [0.2, 0.25) is 0 Å². The molecule has 0 saturated heterocycles. The van der Waals surface area contributed by atoms with Gasteiger partial charge in [-0.15, -0.1) is 0 Å². The summed E-state index contributed by atoms with van der Waals surface area (Å²) in [6.45, 7) is 0. The van der Waals surface area contributed by atoms with E-state index in [4.69, 9.17) is 0 Å². The zero-order valence-electron chi connectivity index (χ0n) is 16.1. The topological polar surface area (TPSA) is 151 Å². The standard InChI is InChI=1S/C18H12N3O6P.Na.H/c22-16(23)10-4-1-7-13(19-10)28(14-8-2-5-11(20-14)17(24)25)15-9-3-6-12(21-15)18(26)27;;/h1-9H,(H,22,23)(H,24,25)(H,26,27);;/q;+1;-1. The fourth-order valence-corrected chi connectivity index (χ4v) is 4.39. The second-order valence-corrected chi connectivity index (χ2v) is 7.44. The van der Waals surface area contributed by atoms with Gasteiger partial charge < -0.3 is 16.7 Å². The van der Waals surface area contributed by atoms with Crippen molar-refractivity contribution in [2.24, 2.45) is 0 Å². The number of pyridine rings is 3. The second kappa shape index (κ2) is 9.67. The molecule has 11 heteroatoms. The van der Waals surface area contributed by atoms with Gasteiger partial charge in [0.1, 0.15) is 17.1 Å². The van der Waals surface area contributed by atoms with Gasteiger partial charge in [0.25, 0.3) is 0 Å². The largest absolute Gasteiger partial charge is 1.00 e. The fraction of sp³-hybridized carbons (Fsp3) is 0. The number of carboxylic acids is 3. The molecule has 3 rings (SSSR count). The van der Waals surface area contributed by atoms with Crippen LogP contribution in [0.5, 0.6) is 0 Å². The zero-order valence-corrected chi connectivity index (χ0v) is 17.9. The number of hydrogen-bond acceptors (Lipinski definition) is 6. The smallest absolute Gasteiger partial charge is 1.00 e. The van der Waals surface area contributed by atoms with E-state index in [2.05, 4.69) is 15.0 Å². The van der Waals surface area contributed by atoms with E-state index in [1.54, 1.807) is 18.2 Å². The number of aromatic carboxylic acids is 3. The molecule has 0 fully saturated rings. The van der Waals surface area contributed by atoms with Crippen molar-refractivity contribution >= 4 is 42.1 Å². The first kappa shape index (κ1) is 22.6. The van der Waals surface area contributed by atoms with Crippen molar-refractivity contribution in [3.63, 3.8) is 0 Å². The molecule has 9 nitrogen and oxygen atoms in total. The predicted octanol–water partition coefficient (Wildman–Crippen LogP) is -2.16. The average molecular weight is 421 g/mol. The summed E-state index contributed by atoms with van der Waals surface area (Å²) in [6, 6.07) is 13.2. The van der Waals surface area contributed by atoms with Crippen LogP contribution in [0.4, 0.5) is 0 Å². The Kier molecular flexibility index (Phi) is 7.53. The minimum Gasteiger partial charge on any atom is -1.00 e. The summed E-state index contributed by atoms with van der Waals surface area (Å²) in [5.74, 6) is -3.68. The molecule has 0 aromatic carbocycles. The number of aromatic nitrogens is 3. The van der Waals surface area contributed by atoms with E-state index in [1.807, 2.05) is 0 Å². The first-order valence-electron chi connectivity index (χ1n) is 7.78. The summed E-state index contributed by atoms with van der Waals surface area (Å²) in [7, 11) is -1.69. The van der Waals surface area contributed by atoms with Gasteiger partial charge in [-0.1, -0.05) is 18.2 Å². The maximum atomic E-state index is 11.3. The number of hydrogen-bond donors (Lipinski definition) is 3. The van der Waals surface area contributed by atoms with E-state index in [-0.39, 0.29) is 48.1 Å². The van der Waals surface area contributed by atoms with Crippen molar-refractivity contribution in [3.05, 3.63) is 71.7 Å². The molecular weight excluding hydrogens is 408 g/mol. The normalized spacial score (nSPS) is 10.2. The maximum Gasteiger partial charge on any atom is 1.00 e. The van der Waals surface area contributed by atoms with Crippen LogP contribution in [0.25, 0.3) is 0 Å². The van der Waals surface area contributed by atoms with E-state index >= 15 is 0 Å². The fourth-order valence-electron chi connectivity index (χ4n) is 2.35. The molecule has 0 unspecified atom stereocenters. The Balaban J connectivity index is 0.00000225. The average Bonchev–Trinajstić information content (AvgIpc) is 2.69. The Bertz CT molecular complexity index is 964. The van der Waals surface area contributed by atoms with Crippen molar-refractivity contribution < 1.29 is 60.7 Å². The van der Waals surface area contributed by atoms with E-state index in [0.717, 1.165) is 0 Å². The molecule has 3 aromatic heterocycles. The van der Waals surface area contributed by atoms with Crippen LogP contribution < -0.4 is 45.9 Å². The van der Waals surface area contributed by atoms with Gasteiger partial charge in [-0.05, 0) is 36.4 Å². The van der Waals surface area contributed by atoms with Gasteiger partial charge in [-0.2, -0.15) is 0 Å². The Morgan fingerprint density at radius 1 is 0.621 bits per heavy atom. The molecule has 0 atom stereocenters. The number of carboxylic acid groups (broad SMARTS) is 3. The Hall–Kier alpha value is -2.71. The third-order valence-corrected chi connectivity index (χ3v) is 5.67. The molecule has 0 aliphatic heterocycles. The molecule has 0 saturated carbocycles. The van der Waals surface area contributed by atoms with Crippen LogP contribution >= 0.6 is 7.92 Å². The van der Waals surface area contributed by atoms with E-state index < -0.39 is 25.8 Å². The van der Waals surface area contributed by atoms with Gasteiger partial charge in [0.15, 0.2) is 0 Å². The number of nitrogens with zero attached hydrogens (tertiary/aromatic N) is 3. The number of rotatable bonds is 6. The van der Waals surface area contributed by atoms with Crippen LogP contribution in [0.2, 0.25) is 0 Å². The molecule has 142 valence electrons. The monoisotopic (exact) mass is 421 g/mol. The molecule has 29 heavy (non-hydrogen) atoms. The van der Waals surface area contributed by atoms with Crippen molar-refractivity contribution in [1.82, 2.24) is 15.0 Å². The minimum absolute atomic E-state index is 0. The van der Waals surface area contributed by atoms with Gasteiger partial charge in [-0.25, -0.2) is 29.3 Å². The summed E-state index contributed by atoms with van der Waals surface area (Å²) >= 11 is 0. The first-order chi connectivity index (χ1) is 13.4. The third-order valence-electron chi connectivity index (χ3n) is 3.55. The van der Waals surface area contributed by atoms with Crippen LogP contribution in [0, 0.1) is 0 Å². The molecule has 0 aliphatic rings. The molecule has 3 N–H and O–H groups in total. The van der Waals surface area contributed by atoms with E-state index in [9.17, 15) is 29.7 Å². The molecule has 0 aliphatic carbocycles.